The SMILES string of the molecule is CC(C)Oc1nc(Nc2ccccc2[N+](=O)[O-])ncc1C(F)(F)F. The molecule has 0 aliphatic rings. The Labute approximate surface area is 134 Å². The number of anilines is 2. The van der Waals surface area contributed by atoms with Crippen molar-refractivity contribution in [2.24, 2.45) is 0 Å². The van der Waals surface area contributed by atoms with E-state index in [0.29, 0.717) is 6.20 Å². The van der Waals surface area contributed by atoms with Crippen molar-refractivity contribution in [1.82, 2.24) is 9.97 Å². The van der Waals surface area contributed by atoms with Gasteiger partial charge in [-0.2, -0.15) is 18.2 Å². The first-order valence-electron chi connectivity index (χ1n) is 6.80. The maximum atomic E-state index is 13.0. The van der Waals surface area contributed by atoms with Crippen molar-refractivity contribution in [3.63, 3.8) is 0 Å². The predicted molar refractivity (Wildman–Crippen MR) is 79.2 cm³/mol. The number of nitro benzene ring substituents is 1. The third-order valence-corrected chi connectivity index (χ3v) is 2.75. The standard InChI is InChI=1S/C14H13F3N4O3/c1-8(2)24-12-9(14(15,16)17)7-18-13(20-12)19-10-5-3-4-6-11(10)21(22)23/h3-8H,1-2H3,(H,18,19,20). The predicted octanol–water partition coefficient (Wildman–Crippen LogP) is 3.93. The van der Waals surface area contributed by atoms with E-state index in [2.05, 4.69) is 15.3 Å². The van der Waals surface area contributed by atoms with Crippen LogP contribution in [0.4, 0.5) is 30.5 Å². The largest absolute Gasteiger partial charge is 0.474 e. The van der Waals surface area contributed by atoms with E-state index in [1.54, 1.807) is 13.8 Å². The fourth-order valence-electron chi connectivity index (χ4n) is 1.79. The van der Waals surface area contributed by atoms with Gasteiger partial charge in [-0.1, -0.05) is 12.1 Å². The maximum Gasteiger partial charge on any atom is 0.423 e. The summed E-state index contributed by atoms with van der Waals surface area (Å²) in [5.41, 5.74) is -1.32. The normalized spacial score (nSPS) is 11.4. The molecule has 1 N–H and O–H groups in total. The van der Waals surface area contributed by atoms with E-state index in [1.165, 1.54) is 24.3 Å². The molecule has 0 radical (unpaired) electrons. The molecule has 0 spiro atoms. The van der Waals surface area contributed by atoms with Crippen LogP contribution in [0.1, 0.15) is 19.4 Å². The molecule has 1 aromatic heterocycles. The molecular weight excluding hydrogens is 329 g/mol. The average Bonchev–Trinajstić information content (AvgIpc) is 2.45. The van der Waals surface area contributed by atoms with Gasteiger partial charge in [0.1, 0.15) is 11.3 Å². The summed E-state index contributed by atoms with van der Waals surface area (Å²) in [6.07, 6.45) is -4.65. The number of hydrogen-bond donors (Lipinski definition) is 1. The van der Waals surface area contributed by atoms with Crippen LogP contribution in [0.15, 0.2) is 30.5 Å². The van der Waals surface area contributed by atoms with Crippen molar-refractivity contribution >= 4 is 17.3 Å². The highest BCUT2D eigenvalue weighted by Gasteiger charge is 2.36. The molecule has 0 bridgehead atoms. The van der Waals surface area contributed by atoms with Gasteiger partial charge in [-0.15, -0.1) is 0 Å². The van der Waals surface area contributed by atoms with Crippen LogP contribution in [-0.2, 0) is 6.18 Å². The van der Waals surface area contributed by atoms with E-state index in [4.69, 9.17) is 4.74 Å². The van der Waals surface area contributed by atoms with Gasteiger partial charge in [-0.05, 0) is 19.9 Å². The molecule has 0 amide bonds. The van der Waals surface area contributed by atoms with Gasteiger partial charge in [0.25, 0.3) is 5.69 Å². The Balaban J connectivity index is 2.41. The van der Waals surface area contributed by atoms with Gasteiger partial charge in [0, 0.05) is 12.3 Å². The fraction of sp³-hybridized carbons (Fsp3) is 0.286. The average molecular weight is 342 g/mol. The highest BCUT2D eigenvalue weighted by Crippen LogP contribution is 2.36. The van der Waals surface area contributed by atoms with Gasteiger partial charge >= 0.3 is 6.18 Å². The molecule has 0 aliphatic carbocycles. The van der Waals surface area contributed by atoms with Crippen LogP contribution in [-0.4, -0.2) is 21.0 Å². The second-order valence-electron chi connectivity index (χ2n) is 4.98. The highest BCUT2D eigenvalue weighted by atomic mass is 19.4. The second-order valence-corrected chi connectivity index (χ2v) is 4.98. The Morgan fingerprint density at radius 3 is 2.54 bits per heavy atom. The first-order valence-corrected chi connectivity index (χ1v) is 6.80. The quantitative estimate of drug-likeness (QED) is 0.654. The van der Waals surface area contributed by atoms with Crippen LogP contribution in [0.5, 0.6) is 5.88 Å². The van der Waals surface area contributed by atoms with Crippen molar-refractivity contribution in [3.05, 3.63) is 46.1 Å². The third-order valence-electron chi connectivity index (χ3n) is 2.75. The summed E-state index contributed by atoms with van der Waals surface area (Å²) in [4.78, 5) is 17.6. The summed E-state index contributed by atoms with van der Waals surface area (Å²) in [6, 6.07) is 5.63. The number of rotatable bonds is 5. The van der Waals surface area contributed by atoms with E-state index in [9.17, 15) is 23.3 Å². The number of benzene rings is 1. The Morgan fingerprint density at radius 2 is 1.96 bits per heavy atom. The van der Waals surface area contributed by atoms with Crippen molar-refractivity contribution in [2.45, 2.75) is 26.1 Å². The number of ether oxygens (including phenoxy) is 1. The molecule has 2 aromatic rings. The van der Waals surface area contributed by atoms with Gasteiger partial charge in [-0.25, -0.2) is 4.98 Å². The second kappa shape index (κ2) is 6.69. The molecule has 128 valence electrons. The number of hydrogen-bond acceptors (Lipinski definition) is 6. The van der Waals surface area contributed by atoms with Crippen LogP contribution in [0.25, 0.3) is 0 Å². The number of nitrogens with zero attached hydrogens (tertiary/aromatic N) is 3. The van der Waals surface area contributed by atoms with Crippen molar-refractivity contribution in [1.29, 1.82) is 0 Å². The topological polar surface area (TPSA) is 90.2 Å². The molecule has 10 heteroatoms. The van der Waals surface area contributed by atoms with Crippen LogP contribution in [0.3, 0.4) is 0 Å². The van der Waals surface area contributed by atoms with E-state index >= 15 is 0 Å². The first-order chi connectivity index (χ1) is 11.2. The number of para-hydroxylation sites is 2. The van der Waals surface area contributed by atoms with Gasteiger partial charge in [-0.3, -0.25) is 10.1 Å². The molecule has 1 heterocycles. The van der Waals surface area contributed by atoms with E-state index in [-0.39, 0.29) is 17.3 Å². The molecular formula is C14H13F3N4O3. The van der Waals surface area contributed by atoms with Crippen LogP contribution in [0.2, 0.25) is 0 Å². The zero-order chi connectivity index (χ0) is 17.9. The fourth-order valence-corrected chi connectivity index (χ4v) is 1.79. The van der Waals surface area contributed by atoms with Crippen LogP contribution >= 0.6 is 0 Å². The van der Waals surface area contributed by atoms with Gasteiger partial charge in [0.05, 0.1) is 11.0 Å². The van der Waals surface area contributed by atoms with Crippen molar-refractivity contribution < 1.29 is 22.8 Å². The Kier molecular flexibility index (Phi) is 4.86. The zero-order valence-electron chi connectivity index (χ0n) is 12.7. The Bertz CT molecular complexity index is 750. The lowest BCUT2D eigenvalue weighted by molar-refractivity contribution is -0.383. The lowest BCUT2D eigenvalue weighted by atomic mass is 10.2. The number of alkyl halides is 3. The molecule has 0 saturated carbocycles. The summed E-state index contributed by atoms with van der Waals surface area (Å²) in [7, 11) is 0. The summed E-state index contributed by atoms with van der Waals surface area (Å²) >= 11 is 0. The number of aromatic nitrogens is 2. The maximum absolute atomic E-state index is 13.0. The minimum absolute atomic E-state index is 0.0535. The minimum atomic E-state index is -4.68. The lowest BCUT2D eigenvalue weighted by Crippen LogP contribution is -2.15. The molecule has 1 aromatic carbocycles. The summed E-state index contributed by atoms with van der Waals surface area (Å²) < 4.78 is 44.0. The van der Waals surface area contributed by atoms with Gasteiger partial charge in [0.15, 0.2) is 0 Å². The number of halogens is 3. The molecule has 24 heavy (non-hydrogen) atoms. The molecule has 0 unspecified atom stereocenters. The zero-order valence-corrected chi connectivity index (χ0v) is 12.7. The Hall–Kier alpha value is -2.91. The van der Waals surface area contributed by atoms with Crippen LogP contribution in [0, 0.1) is 10.1 Å². The minimum Gasteiger partial charge on any atom is -0.474 e. The van der Waals surface area contributed by atoms with E-state index in [0.717, 1.165) is 0 Å². The molecule has 2 rings (SSSR count). The molecule has 0 atom stereocenters. The lowest BCUT2D eigenvalue weighted by Gasteiger charge is -2.15. The number of nitrogens with one attached hydrogen (secondary N) is 1. The van der Waals surface area contributed by atoms with Crippen molar-refractivity contribution in [3.8, 4) is 5.88 Å². The summed E-state index contributed by atoms with van der Waals surface area (Å²) in [5, 5.41) is 13.5. The molecule has 7 nitrogen and oxygen atoms in total. The number of nitro groups is 1. The van der Waals surface area contributed by atoms with E-state index in [1.807, 2.05) is 0 Å². The molecule has 0 fully saturated rings. The molecule has 0 aliphatic heterocycles. The highest BCUT2D eigenvalue weighted by molar-refractivity contribution is 5.66. The monoisotopic (exact) mass is 342 g/mol. The van der Waals surface area contributed by atoms with Crippen LogP contribution < -0.4 is 10.1 Å². The molecule has 0 saturated heterocycles. The Morgan fingerprint density at radius 1 is 1.29 bits per heavy atom. The van der Waals surface area contributed by atoms with Gasteiger partial charge < -0.3 is 10.1 Å². The van der Waals surface area contributed by atoms with E-state index < -0.39 is 28.6 Å². The summed E-state index contributed by atoms with van der Waals surface area (Å²) in [5.74, 6) is -0.887. The first kappa shape index (κ1) is 17.4. The van der Waals surface area contributed by atoms with Gasteiger partial charge in [0.2, 0.25) is 11.8 Å². The third kappa shape index (κ3) is 4.09. The summed E-state index contributed by atoms with van der Waals surface area (Å²) in [6.45, 7) is 3.11. The smallest absolute Gasteiger partial charge is 0.423 e. The van der Waals surface area contributed by atoms with Crippen molar-refractivity contribution in [2.75, 3.05) is 5.32 Å².